The first-order valence-electron chi connectivity index (χ1n) is 11.2. The maximum absolute atomic E-state index is 13.1. The van der Waals surface area contributed by atoms with Crippen LogP contribution in [0.25, 0.3) is 0 Å². The lowest BCUT2D eigenvalue weighted by atomic mass is 10.00. The summed E-state index contributed by atoms with van der Waals surface area (Å²) in [7, 11) is 0. The molecule has 0 aliphatic carbocycles. The van der Waals surface area contributed by atoms with Gasteiger partial charge in [-0.25, -0.2) is 13.9 Å². The van der Waals surface area contributed by atoms with E-state index in [9.17, 15) is 9.18 Å². The molecular weight excluding hydrogens is 405 g/mol. The number of hydrogen-bond acceptors (Lipinski definition) is 3. The average molecular weight is 436 g/mol. The van der Waals surface area contributed by atoms with Gasteiger partial charge >= 0.3 is 6.03 Å². The van der Waals surface area contributed by atoms with E-state index in [0.29, 0.717) is 11.9 Å². The number of piperidine rings is 1. The third kappa shape index (κ3) is 5.34. The molecule has 2 heterocycles. The monoisotopic (exact) mass is 435 g/mol. The molecule has 1 atom stereocenters. The zero-order chi connectivity index (χ0) is 22.5. The van der Waals surface area contributed by atoms with Crippen LogP contribution in [-0.2, 0) is 6.42 Å². The molecule has 1 aliphatic heterocycles. The Hall–Kier alpha value is -3.19. The molecule has 1 unspecified atom stereocenters. The summed E-state index contributed by atoms with van der Waals surface area (Å²) in [5, 5.41) is 10.3. The number of nitrogens with zero attached hydrogens (tertiary/aromatic N) is 3. The molecule has 3 aromatic rings. The van der Waals surface area contributed by atoms with Gasteiger partial charge in [-0.2, -0.15) is 5.10 Å². The van der Waals surface area contributed by atoms with Gasteiger partial charge in [0.2, 0.25) is 0 Å². The van der Waals surface area contributed by atoms with Gasteiger partial charge in [-0.05, 0) is 62.4 Å². The van der Waals surface area contributed by atoms with Gasteiger partial charge in [0.05, 0.1) is 12.2 Å². The van der Waals surface area contributed by atoms with Crippen LogP contribution in [0.1, 0.15) is 36.9 Å². The van der Waals surface area contributed by atoms with Gasteiger partial charge in [0.15, 0.2) is 0 Å². The summed E-state index contributed by atoms with van der Waals surface area (Å²) in [6.07, 6.45) is 4.55. The SMILES string of the molecule is Cc1ccccc1NC(=O)Nc1ccnn1C1CCN(C(C)Cc2ccc(F)cc2)CC1. The number of benzene rings is 2. The van der Waals surface area contributed by atoms with Gasteiger partial charge < -0.3 is 10.2 Å². The second-order valence-corrected chi connectivity index (χ2v) is 8.50. The number of nitrogens with one attached hydrogen (secondary N) is 2. The summed E-state index contributed by atoms with van der Waals surface area (Å²) < 4.78 is 15.1. The molecule has 7 heteroatoms. The number of carbonyl (C=O) groups excluding carboxylic acids is 1. The van der Waals surface area contributed by atoms with Crippen molar-refractivity contribution < 1.29 is 9.18 Å². The Balaban J connectivity index is 1.31. The number of aryl methyl sites for hydroxylation is 1. The van der Waals surface area contributed by atoms with E-state index >= 15 is 0 Å². The zero-order valence-corrected chi connectivity index (χ0v) is 18.6. The summed E-state index contributed by atoms with van der Waals surface area (Å²) in [5.41, 5.74) is 2.96. The summed E-state index contributed by atoms with van der Waals surface area (Å²) in [6.45, 7) is 6.11. The van der Waals surface area contributed by atoms with Crippen LogP contribution in [-0.4, -0.2) is 39.8 Å². The van der Waals surface area contributed by atoms with Crippen molar-refractivity contribution in [1.29, 1.82) is 0 Å². The number of hydrogen-bond donors (Lipinski definition) is 2. The molecule has 2 aromatic carbocycles. The lowest BCUT2D eigenvalue weighted by Gasteiger charge is -2.36. The molecule has 1 aromatic heterocycles. The Morgan fingerprint density at radius 3 is 2.53 bits per heavy atom. The number of anilines is 2. The van der Waals surface area contributed by atoms with E-state index in [1.54, 1.807) is 6.20 Å². The van der Waals surface area contributed by atoms with Gasteiger partial charge in [0, 0.05) is 30.9 Å². The Bertz CT molecular complexity index is 1040. The number of amides is 2. The fourth-order valence-corrected chi connectivity index (χ4v) is 4.35. The topological polar surface area (TPSA) is 62.2 Å². The number of aromatic nitrogens is 2. The number of para-hydroxylation sites is 1. The number of halogens is 1. The van der Waals surface area contributed by atoms with Gasteiger partial charge in [0.1, 0.15) is 11.6 Å². The van der Waals surface area contributed by atoms with Crippen molar-refractivity contribution in [2.24, 2.45) is 0 Å². The molecule has 0 radical (unpaired) electrons. The quantitative estimate of drug-likeness (QED) is 0.556. The Morgan fingerprint density at radius 2 is 1.81 bits per heavy atom. The average Bonchev–Trinajstić information content (AvgIpc) is 3.25. The van der Waals surface area contributed by atoms with Crippen molar-refractivity contribution in [2.75, 3.05) is 23.7 Å². The molecule has 32 heavy (non-hydrogen) atoms. The minimum Gasteiger partial charge on any atom is -0.307 e. The van der Waals surface area contributed by atoms with Crippen LogP contribution in [0.15, 0.2) is 60.8 Å². The number of likely N-dealkylation sites (tertiary alicyclic amines) is 1. The summed E-state index contributed by atoms with van der Waals surface area (Å²) >= 11 is 0. The second-order valence-electron chi connectivity index (χ2n) is 8.50. The molecule has 1 saturated heterocycles. The van der Waals surface area contributed by atoms with Gasteiger partial charge in [-0.3, -0.25) is 5.32 Å². The predicted octanol–water partition coefficient (Wildman–Crippen LogP) is 5.24. The first kappa shape index (κ1) is 22.0. The third-order valence-corrected chi connectivity index (χ3v) is 6.22. The predicted molar refractivity (Wildman–Crippen MR) is 125 cm³/mol. The highest BCUT2D eigenvalue weighted by Crippen LogP contribution is 2.27. The second kappa shape index (κ2) is 9.96. The van der Waals surface area contributed by atoms with Gasteiger partial charge in [-0.1, -0.05) is 30.3 Å². The molecule has 0 spiro atoms. The Labute approximate surface area is 188 Å². The zero-order valence-electron chi connectivity index (χ0n) is 18.6. The fraction of sp³-hybridized carbons (Fsp3) is 0.360. The number of carbonyl (C=O) groups is 1. The van der Waals surface area contributed by atoms with Crippen molar-refractivity contribution in [1.82, 2.24) is 14.7 Å². The highest BCUT2D eigenvalue weighted by atomic mass is 19.1. The molecule has 0 saturated carbocycles. The lowest BCUT2D eigenvalue weighted by Crippen LogP contribution is -2.41. The molecule has 4 rings (SSSR count). The summed E-state index contributed by atoms with van der Waals surface area (Å²) in [5.74, 6) is 0.507. The van der Waals surface area contributed by atoms with Crippen molar-refractivity contribution in [3.8, 4) is 0 Å². The maximum atomic E-state index is 13.1. The largest absolute Gasteiger partial charge is 0.324 e. The van der Waals surface area contributed by atoms with Crippen LogP contribution in [0, 0.1) is 12.7 Å². The van der Waals surface area contributed by atoms with Crippen LogP contribution in [0.3, 0.4) is 0 Å². The summed E-state index contributed by atoms with van der Waals surface area (Å²) in [4.78, 5) is 15.0. The highest BCUT2D eigenvalue weighted by Gasteiger charge is 2.26. The van der Waals surface area contributed by atoms with Crippen LogP contribution in [0.4, 0.5) is 20.7 Å². The molecule has 1 aliphatic rings. The Kier molecular flexibility index (Phi) is 6.85. The first-order chi connectivity index (χ1) is 15.5. The first-order valence-corrected chi connectivity index (χ1v) is 11.2. The fourth-order valence-electron chi connectivity index (χ4n) is 4.35. The van der Waals surface area contributed by atoms with E-state index in [2.05, 4.69) is 27.6 Å². The van der Waals surface area contributed by atoms with E-state index in [-0.39, 0.29) is 17.9 Å². The van der Waals surface area contributed by atoms with Crippen molar-refractivity contribution in [3.05, 3.63) is 77.7 Å². The van der Waals surface area contributed by atoms with Gasteiger partial charge in [-0.15, -0.1) is 0 Å². The Morgan fingerprint density at radius 1 is 1.09 bits per heavy atom. The number of urea groups is 1. The van der Waals surface area contributed by atoms with Crippen LogP contribution in [0.5, 0.6) is 0 Å². The van der Waals surface area contributed by atoms with Gasteiger partial charge in [0.25, 0.3) is 0 Å². The lowest BCUT2D eigenvalue weighted by molar-refractivity contribution is 0.139. The van der Waals surface area contributed by atoms with Crippen LogP contribution >= 0.6 is 0 Å². The van der Waals surface area contributed by atoms with E-state index in [4.69, 9.17) is 0 Å². The molecular formula is C25H30FN5O. The minimum atomic E-state index is -0.272. The molecule has 0 bridgehead atoms. The van der Waals surface area contributed by atoms with Crippen molar-refractivity contribution >= 4 is 17.5 Å². The molecule has 1 fully saturated rings. The van der Waals surface area contributed by atoms with E-state index in [0.717, 1.165) is 49.2 Å². The smallest absolute Gasteiger partial charge is 0.307 e. The van der Waals surface area contributed by atoms with Crippen molar-refractivity contribution in [3.63, 3.8) is 0 Å². The molecule has 2 amide bonds. The van der Waals surface area contributed by atoms with Crippen LogP contribution in [0.2, 0.25) is 0 Å². The highest BCUT2D eigenvalue weighted by molar-refractivity contribution is 5.99. The summed E-state index contributed by atoms with van der Waals surface area (Å²) in [6, 6.07) is 16.7. The standard InChI is InChI=1S/C25H30FN5O/c1-18-5-3-4-6-23(18)28-25(32)29-24-11-14-27-31(24)22-12-15-30(16-13-22)19(2)17-20-7-9-21(26)10-8-20/h3-11,14,19,22H,12-13,15-17H2,1-2H3,(H2,28,29,32). The van der Waals surface area contributed by atoms with E-state index in [1.165, 1.54) is 12.1 Å². The van der Waals surface area contributed by atoms with Crippen LogP contribution < -0.4 is 10.6 Å². The van der Waals surface area contributed by atoms with E-state index < -0.39 is 0 Å². The number of rotatable bonds is 6. The molecule has 168 valence electrons. The normalized spacial score (nSPS) is 16.0. The third-order valence-electron chi connectivity index (χ3n) is 6.22. The van der Waals surface area contributed by atoms with Crippen molar-refractivity contribution in [2.45, 2.75) is 45.2 Å². The van der Waals surface area contributed by atoms with E-state index in [1.807, 2.05) is 54.1 Å². The molecule has 6 nitrogen and oxygen atoms in total. The maximum Gasteiger partial charge on any atom is 0.324 e. The minimum absolute atomic E-state index is 0.196. The molecule has 2 N–H and O–H groups in total.